The highest BCUT2D eigenvalue weighted by molar-refractivity contribution is 5.69. The van der Waals surface area contributed by atoms with E-state index in [0.717, 1.165) is 31.5 Å². The summed E-state index contributed by atoms with van der Waals surface area (Å²) in [6.45, 7) is 6.06. The fraction of sp³-hybridized carbons (Fsp3) is 0.300. The largest absolute Gasteiger partial charge is 0.508 e. The van der Waals surface area contributed by atoms with Gasteiger partial charge in [0, 0.05) is 6.54 Å². The van der Waals surface area contributed by atoms with E-state index in [9.17, 15) is 5.11 Å². The third-order valence-electron chi connectivity index (χ3n) is 3.76. The molecule has 0 unspecified atom stereocenters. The summed E-state index contributed by atoms with van der Waals surface area (Å²) in [6, 6.07) is 16.0. The average Bonchev–Trinajstić information content (AvgIpc) is 2.54. The lowest BCUT2D eigenvalue weighted by molar-refractivity contribution is 0.475. The number of hydrogen-bond acceptors (Lipinski definition) is 2. The van der Waals surface area contributed by atoms with Crippen molar-refractivity contribution in [2.75, 3.05) is 6.54 Å². The van der Waals surface area contributed by atoms with E-state index in [1.54, 1.807) is 6.07 Å². The zero-order valence-corrected chi connectivity index (χ0v) is 13.5. The summed E-state index contributed by atoms with van der Waals surface area (Å²) < 4.78 is 0. The van der Waals surface area contributed by atoms with Gasteiger partial charge in [-0.25, -0.2) is 0 Å². The molecule has 2 rings (SSSR count). The SMILES string of the molecule is CC/C=C(/CCNCc1ccccc1)c1cc(O)ccc1C. The van der Waals surface area contributed by atoms with Crippen LogP contribution in [0.5, 0.6) is 5.75 Å². The van der Waals surface area contributed by atoms with Crippen molar-refractivity contribution < 1.29 is 5.11 Å². The molecule has 2 nitrogen and oxygen atoms in total. The Morgan fingerprint density at radius 3 is 2.64 bits per heavy atom. The topological polar surface area (TPSA) is 32.3 Å². The van der Waals surface area contributed by atoms with Gasteiger partial charge >= 0.3 is 0 Å². The molecule has 0 heterocycles. The monoisotopic (exact) mass is 295 g/mol. The highest BCUT2D eigenvalue weighted by Crippen LogP contribution is 2.26. The second-order valence-electron chi connectivity index (χ2n) is 5.55. The molecule has 0 aliphatic rings. The third-order valence-corrected chi connectivity index (χ3v) is 3.76. The second kappa shape index (κ2) is 8.40. The van der Waals surface area contributed by atoms with Crippen LogP contribution in [0.25, 0.3) is 5.57 Å². The van der Waals surface area contributed by atoms with E-state index in [1.807, 2.05) is 18.2 Å². The van der Waals surface area contributed by atoms with Crippen LogP contribution >= 0.6 is 0 Å². The van der Waals surface area contributed by atoms with Crippen LogP contribution < -0.4 is 5.32 Å². The van der Waals surface area contributed by atoms with Gasteiger partial charge in [0.25, 0.3) is 0 Å². The molecule has 22 heavy (non-hydrogen) atoms. The molecule has 116 valence electrons. The Morgan fingerprint density at radius 1 is 1.14 bits per heavy atom. The second-order valence-corrected chi connectivity index (χ2v) is 5.55. The van der Waals surface area contributed by atoms with Gasteiger partial charge in [-0.15, -0.1) is 0 Å². The highest BCUT2D eigenvalue weighted by Gasteiger charge is 2.06. The first-order valence-electron chi connectivity index (χ1n) is 7.94. The van der Waals surface area contributed by atoms with Crippen molar-refractivity contribution in [3.8, 4) is 5.75 Å². The standard InChI is InChI=1S/C20H25NO/c1-3-7-18(20-14-19(22)11-10-16(20)2)12-13-21-15-17-8-5-4-6-9-17/h4-11,14,21-22H,3,12-13,15H2,1-2H3/b18-7-. The van der Waals surface area contributed by atoms with E-state index in [4.69, 9.17) is 0 Å². The molecular formula is C20H25NO. The minimum absolute atomic E-state index is 0.333. The van der Waals surface area contributed by atoms with E-state index in [-0.39, 0.29) is 0 Å². The lowest BCUT2D eigenvalue weighted by Gasteiger charge is -2.12. The first-order chi connectivity index (χ1) is 10.7. The molecule has 0 bridgehead atoms. The molecule has 2 aromatic carbocycles. The molecule has 0 saturated carbocycles. The van der Waals surface area contributed by atoms with E-state index in [1.165, 1.54) is 16.7 Å². The van der Waals surface area contributed by atoms with Gasteiger partial charge in [0.2, 0.25) is 0 Å². The minimum atomic E-state index is 0.333. The number of rotatable bonds is 7. The van der Waals surface area contributed by atoms with Gasteiger partial charge in [-0.05, 0) is 60.7 Å². The quantitative estimate of drug-likeness (QED) is 0.727. The number of nitrogens with one attached hydrogen (secondary N) is 1. The summed E-state index contributed by atoms with van der Waals surface area (Å²) in [6.07, 6.45) is 4.22. The lowest BCUT2D eigenvalue weighted by atomic mass is 9.97. The van der Waals surface area contributed by atoms with Crippen molar-refractivity contribution in [1.29, 1.82) is 0 Å². The molecule has 0 saturated heterocycles. The highest BCUT2D eigenvalue weighted by atomic mass is 16.3. The van der Waals surface area contributed by atoms with E-state index in [2.05, 4.69) is 49.5 Å². The summed E-state index contributed by atoms with van der Waals surface area (Å²) in [5.74, 6) is 0.333. The number of phenols is 1. The third kappa shape index (κ3) is 4.74. The number of phenolic OH excluding ortho intramolecular Hbond substituents is 1. The Labute approximate surface area is 133 Å². The molecule has 0 radical (unpaired) electrons. The smallest absolute Gasteiger partial charge is 0.116 e. The molecule has 0 spiro atoms. The van der Waals surface area contributed by atoms with Gasteiger partial charge in [-0.2, -0.15) is 0 Å². The Hall–Kier alpha value is -2.06. The van der Waals surface area contributed by atoms with Crippen LogP contribution in [0.1, 0.15) is 36.5 Å². The van der Waals surface area contributed by atoms with Crippen molar-refractivity contribution in [3.63, 3.8) is 0 Å². The van der Waals surface area contributed by atoms with E-state index in [0.29, 0.717) is 5.75 Å². The van der Waals surface area contributed by atoms with E-state index < -0.39 is 0 Å². The zero-order valence-electron chi connectivity index (χ0n) is 13.5. The molecular weight excluding hydrogens is 270 g/mol. The zero-order chi connectivity index (χ0) is 15.8. The maximum atomic E-state index is 9.73. The fourth-order valence-corrected chi connectivity index (χ4v) is 2.60. The first kappa shape index (κ1) is 16.3. The van der Waals surface area contributed by atoms with Crippen LogP contribution in [0.3, 0.4) is 0 Å². The van der Waals surface area contributed by atoms with Gasteiger partial charge in [0.05, 0.1) is 0 Å². The minimum Gasteiger partial charge on any atom is -0.508 e. The molecule has 2 heteroatoms. The molecule has 2 aromatic rings. The maximum absolute atomic E-state index is 9.73. The van der Waals surface area contributed by atoms with Gasteiger partial charge < -0.3 is 10.4 Å². The van der Waals surface area contributed by atoms with Crippen molar-refractivity contribution in [2.24, 2.45) is 0 Å². The van der Waals surface area contributed by atoms with Crippen molar-refractivity contribution in [1.82, 2.24) is 5.32 Å². The Balaban J connectivity index is 1.95. The molecule has 2 N–H and O–H groups in total. The van der Waals surface area contributed by atoms with Crippen LogP contribution in [0, 0.1) is 6.92 Å². The molecule has 0 aliphatic carbocycles. The van der Waals surface area contributed by atoms with Crippen LogP contribution in [0.15, 0.2) is 54.6 Å². The summed E-state index contributed by atoms with van der Waals surface area (Å²) in [4.78, 5) is 0. The molecule has 0 fully saturated rings. The number of aromatic hydroxyl groups is 1. The van der Waals surface area contributed by atoms with E-state index >= 15 is 0 Å². The van der Waals surface area contributed by atoms with Gasteiger partial charge in [0.1, 0.15) is 5.75 Å². The predicted molar refractivity (Wildman–Crippen MR) is 93.9 cm³/mol. The number of aryl methyl sites for hydroxylation is 1. The number of allylic oxidation sites excluding steroid dienone is 1. The predicted octanol–water partition coefficient (Wildman–Crippen LogP) is 4.67. The van der Waals surface area contributed by atoms with Gasteiger partial charge in [0.15, 0.2) is 0 Å². The number of benzene rings is 2. The summed E-state index contributed by atoms with van der Waals surface area (Å²) in [5.41, 5.74) is 4.97. The van der Waals surface area contributed by atoms with Crippen LogP contribution in [0.4, 0.5) is 0 Å². The molecule has 0 amide bonds. The first-order valence-corrected chi connectivity index (χ1v) is 7.94. The van der Waals surface area contributed by atoms with Crippen molar-refractivity contribution in [3.05, 3.63) is 71.3 Å². The normalized spacial score (nSPS) is 11.6. The summed E-state index contributed by atoms with van der Waals surface area (Å²) in [7, 11) is 0. The Kier molecular flexibility index (Phi) is 6.23. The van der Waals surface area contributed by atoms with Gasteiger partial charge in [-0.3, -0.25) is 0 Å². The fourth-order valence-electron chi connectivity index (χ4n) is 2.60. The Bertz CT molecular complexity index is 617. The molecule has 0 atom stereocenters. The van der Waals surface area contributed by atoms with Crippen molar-refractivity contribution >= 4 is 5.57 Å². The average molecular weight is 295 g/mol. The molecule has 0 aliphatic heterocycles. The summed E-state index contributed by atoms with van der Waals surface area (Å²) in [5, 5.41) is 13.2. The molecule has 0 aromatic heterocycles. The van der Waals surface area contributed by atoms with Crippen LogP contribution in [0.2, 0.25) is 0 Å². The van der Waals surface area contributed by atoms with Crippen LogP contribution in [-0.4, -0.2) is 11.7 Å². The number of hydrogen-bond donors (Lipinski definition) is 2. The Morgan fingerprint density at radius 2 is 1.91 bits per heavy atom. The summed E-state index contributed by atoms with van der Waals surface area (Å²) >= 11 is 0. The lowest BCUT2D eigenvalue weighted by Crippen LogP contribution is -2.15. The van der Waals surface area contributed by atoms with Crippen LogP contribution in [-0.2, 0) is 6.54 Å². The van der Waals surface area contributed by atoms with Crippen molar-refractivity contribution in [2.45, 2.75) is 33.2 Å². The maximum Gasteiger partial charge on any atom is 0.116 e. The van der Waals surface area contributed by atoms with Gasteiger partial charge in [-0.1, -0.05) is 49.4 Å².